The van der Waals surface area contributed by atoms with Gasteiger partial charge in [0.05, 0.1) is 6.61 Å². The van der Waals surface area contributed by atoms with Crippen LogP contribution in [-0.4, -0.2) is 42.7 Å². The van der Waals surface area contributed by atoms with Gasteiger partial charge in [0.2, 0.25) is 0 Å². The molecule has 1 unspecified atom stereocenters. The second-order valence-electron chi connectivity index (χ2n) is 4.65. The third kappa shape index (κ3) is 8.66. The number of nitrogens with zero attached hydrogens (tertiary/aromatic N) is 1. The number of hydrogen-bond donors (Lipinski definition) is 1. The minimum Gasteiger partial charge on any atom is -0.306 e. The SMILES string of the molecule is C=C(C)CCOP(=O)(NCCCC)N(CCCl)CCCl. The van der Waals surface area contributed by atoms with Crippen LogP contribution in [0.3, 0.4) is 0 Å². The molecule has 0 aliphatic heterocycles. The van der Waals surface area contributed by atoms with E-state index in [1.165, 1.54) is 0 Å². The maximum Gasteiger partial charge on any atom is 0.343 e. The summed E-state index contributed by atoms with van der Waals surface area (Å²) in [5.41, 5.74) is 1.01. The molecule has 0 aliphatic rings. The Morgan fingerprint density at radius 2 is 1.95 bits per heavy atom. The van der Waals surface area contributed by atoms with Gasteiger partial charge in [0.1, 0.15) is 0 Å². The number of halogens is 2. The Labute approximate surface area is 133 Å². The van der Waals surface area contributed by atoms with Gasteiger partial charge in [-0.25, -0.2) is 9.76 Å². The first-order chi connectivity index (χ1) is 9.50. The van der Waals surface area contributed by atoms with Crippen molar-refractivity contribution in [3.8, 4) is 0 Å². The maximum absolute atomic E-state index is 13.0. The molecule has 0 aromatic rings. The monoisotopic (exact) mass is 344 g/mol. The van der Waals surface area contributed by atoms with Crippen LogP contribution in [-0.2, 0) is 9.09 Å². The molecule has 120 valence electrons. The average Bonchev–Trinajstić information content (AvgIpc) is 2.38. The van der Waals surface area contributed by atoms with E-state index in [2.05, 4.69) is 18.6 Å². The molecule has 0 heterocycles. The van der Waals surface area contributed by atoms with Crippen LogP contribution in [0.2, 0.25) is 0 Å². The van der Waals surface area contributed by atoms with Gasteiger partial charge in [-0.2, -0.15) is 0 Å². The van der Waals surface area contributed by atoms with Gasteiger partial charge in [0.25, 0.3) is 0 Å². The summed E-state index contributed by atoms with van der Waals surface area (Å²) in [6, 6.07) is 0. The molecule has 0 aliphatic carbocycles. The molecule has 0 fully saturated rings. The summed E-state index contributed by atoms with van der Waals surface area (Å²) >= 11 is 11.6. The number of unbranched alkanes of at least 4 members (excludes halogenated alkanes) is 1. The normalized spacial score (nSPS) is 14.4. The van der Waals surface area contributed by atoms with E-state index < -0.39 is 7.67 Å². The molecule has 0 aromatic carbocycles. The summed E-state index contributed by atoms with van der Waals surface area (Å²) in [7, 11) is -3.08. The molecule has 1 N–H and O–H groups in total. The molecule has 0 rings (SSSR count). The minimum atomic E-state index is -3.08. The van der Waals surface area contributed by atoms with Crippen molar-refractivity contribution in [1.29, 1.82) is 0 Å². The Hall–Kier alpha value is 0.430. The molecule has 0 amide bonds. The predicted molar refractivity (Wildman–Crippen MR) is 88.9 cm³/mol. The highest BCUT2D eigenvalue weighted by atomic mass is 35.5. The first kappa shape index (κ1) is 20.4. The lowest BCUT2D eigenvalue weighted by molar-refractivity contribution is 0.259. The smallest absolute Gasteiger partial charge is 0.306 e. The summed E-state index contributed by atoms with van der Waals surface area (Å²) in [5, 5.41) is 3.05. The molecule has 0 radical (unpaired) electrons. The van der Waals surface area contributed by atoms with Crippen molar-refractivity contribution in [2.45, 2.75) is 33.1 Å². The Morgan fingerprint density at radius 1 is 1.35 bits per heavy atom. The van der Waals surface area contributed by atoms with Crippen LogP contribution >= 0.6 is 30.9 Å². The number of alkyl halides is 2. The first-order valence-electron chi connectivity index (χ1n) is 7.01. The Balaban J connectivity index is 4.70. The maximum atomic E-state index is 13.0. The average molecular weight is 345 g/mol. The molecular weight excluding hydrogens is 318 g/mol. The number of hydrogen-bond acceptors (Lipinski definition) is 2. The zero-order valence-corrected chi connectivity index (χ0v) is 14.9. The summed E-state index contributed by atoms with van der Waals surface area (Å²) in [4.78, 5) is 0. The van der Waals surface area contributed by atoms with Crippen LogP contribution in [0.5, 0.6) is 0 Å². The molecule has 0 bridgehead atoms. The lowest BCUT2D eigenvalue weighted by atomic mass is 10.3. The van der Waals surface area contributed by atoms with Crippen molar-refractivity contribution in [2.75, 3.05) is 38.0 Å². The van der Waals surface area contributed by atoms with Crippen molar-refractivity contribution >= 4 is 30.9 Å². The highest BCUT2D eigenvalue weighted by Crippen LogP contribution is 2.46. The van der Waals surface area contributed by atoms with Crippen LogP contribution in [0.1, 0.15) is 33.1 Å². The van der Waals surface area contributed by atoms with Crippen LogP contribution in [0, 0.1) is 0 Å². The van der Waals surface area contributed by atoms with Gasteiger partial charge >= 0.3 is 7.67 Å². The fraction of sp³-hybridized carbons (Fsp3) is 0.846. The molecule has 0 spiro atoms. The predicted octanol–water partition coefficient (Wildman–Crippen LogP) is 4.25. The van der Waals surface area contributed by atoms with Crippen LogP contribution < -0.4 is 5.09 Å². The van der Waals surface area contributed by atoms with E-state index in [-0.39, 0.29) is 0 Å². The van der Waals surface area contributed by atoms with Crippen molar-refractivity contribution in [2.24, 2.45) is 0 Å². The second kappa shape index (κ2) is 12.0. The summed E-state index contributed by atoms with van der Waals surface area (Å²) in [5.74, 6) is 0.778. The topological polar surface area (TPSA) is 41.6 Å². The van der Waals surface area contributed by atoms with Crippen molar-refractivity contribution < 1.29 is 9.09 Å². The first-order valence-corrected chi connectivity index (χ1v) is 9.66. The van der Waals surface area contributed by atoms with E-state index in [9.17, 15) is 4.57 Å². The molecule has 0 saturated heterocycles. The van der Waals surface area contributed by atoms with Crippen molar-refractivity contribution in [3.05, 3.63) is 12.2 Å². The van der Waals surface area contributed by atoms with Gasteiger partial charge in [-0.15, -0.1) is 29.8 Å². The van der Waals surface area contributed by atoms with Crippen molar-refractivity contribution in [3.63, 3.8) is 0 Å². The lowest BCUT2D eigenvalue weighted by Crippen LogP contribution is -2.33. The van der Waals surface area contributed by atoms with Gasteiger partial charge < -0.3 is 4.52 Å². The fourth-order valence-corrected chi connectivity index (χ4v) is 4.14. The molecular formula is C13H27Cl2N2O2P. The summed E-state index contributed by atoms with van der Waals surface area (Å²) < 4.78 is 20.4. The van der Waals surface area contributed by atoms with Gasteiger partial charge in [0, 0.05) is 31.4 Å². The van der Waals surface area contributed by atoms with Crippen LogP contribution in [0.25, 0.3) is 0 Å². The Kier molecular flexibility index (Phi) is 12.3. The Bertz CT molecular complexity index is 311. The van der Waals surface area contributed by atoms with Crippen LogP contribution in [0.15, 0.2) is 12.2 Å². The van der Waals surface area contributed by atoms with Crippen molar-refractivity contribution in [1.82, 2.24) is 9.76 Å². The summed E-state index contributed by atoms with van der Waals surface area (Å²) in [6.45, 7) is 9.84. The van der Waals surface area contributed by atoms with Gasteiger partial charge in [-0.3, -0.25) is 4.57 Å². The summed E-state index contributed by atoms with van der Waals surface area (Å²) in [6.07, 6.45) is 2.67. The molecule has 1 atom stereocenters. The van der Waals surface area contributed by atoms with Crippen LogP contribution in [0.4, 0.5) is 0 Å². The van der Waals surface area contributed by atoms with Gasteiger partial charge in [-0.1, -0.05) is 18.9 Å². The zero-order valence-electron chi connectivity index (χ0n) is 12.5. The number of rotatable bonds is 13. The molecule has 20 heavy (non-hydrogen) atoms. The van der Waals surface area contributed by atoms with Gasteiger partial charge in [-0.05, 0) is 19.8 Å². The minimum absolute atomic E-state index is 0.382. The van der Waals surface area contributed by atoms with Gasteiger partial charge in [0.15, 0.2) is 0 Å². The van der Waals surface area contributed by atoms with E-state index in [1.807, 2.05) is 6.92 Å². The number of nitrogens with one attached hydrogen (secondary N) is 1. The molecule has 0 saturated carbocycles. The molecule has 4 nitrogen and oxygen atoms in total. The van der Waals surface area contributed by atoms with E-state index in [1.54, 1.807) is 4.67 Å². The highest BCUT2D eigenvalue weighted by Gasteiger charge is 2.30. The standard InChI is InChI=1S/C13H27Cl2N2O2P/c1-4-5-9-16-20(18,19-12-6-13(2)3)17(10-7-14)11-8-15/h2,4-12H2,1,3H3,(H,16,18). The van der Waals surface area contributed by atoms with E-state index in [0.29, 0.717) is 44.4 Å². The highest BCUT2D eigenvalue weighted by molar-refractivity contribution is 7.54. The third-order valence-corrected chi connectivity index (χ3v) is 5.33. The van der Waals surface area contributed by atoms with E-state index >= 15 is 0 Å². The Morgan fingerprint density at radius 3 is 2.40 bits per heavy atom. The van der Waals surface area contributed by atoms with E-state index in [4.69, 9.17) is 27.7 Å². The van der Waals surface area contributed by atoms with E-state index in [0.717, 1.165) is 18.4 Å². The third-order valence-electron chi connectivity index (χ3n) is 2.69. The quantitative estimate of drug-likeness (QED) is 0.235. The molecule has 7 heteroatoms. The lowest BCUT2D eigenvalue weighted by Gasteiger charge is -2.30. The second-order valence-corrected chi connectivity index (χ2v) is 7.59. The largest absolute Gasteiger partial charge is 0.343 e. The molecule has 0 aromatic heterocycles. The fourth-order valence-electron chi connectivity index (χ4n) is 1.54. The zero-order chi connectivity index (χ0) is 15.4.